The van der Waals surface area contributed by atoms with Crippen LogP contribution in [0, 0.1) is 5.92 Å². The number of aromatic nitrogens is 3. The average Bonchev–Trinajstić information content (AvgIpc) is 3.32. The topological polar surface area (TPSA) is 64.2 Å². The normalized spacial score (nSPS) is 11.3. The van der Waals surface area contributed by atoms with Crippen LogP contribution in [0.4, 0.5) is 5.69 Å². The van der Waals surface area contributed by atoms with Gasteiger partial charge >= 0.3 is 0 Å². The van der Waals surface area contributed by atoms with E-state index >= 15 is 0 Å². The molecule has 0 saturated heterocycles. The highest BCUT2D eigenvalue weighted by Crippen LogP contribution is 2.28. The van der Waals surface area contributed by atoms with Crippen molar-refractivity contribution in [3.63, 3.8) is 0 Å². The van der Waals surface area contributed by atoms with Crippen molar-refractivity contribution in [2.45, 2.75) is 26.8 Å². The molecule has 2 heterocycles. The fourth-order valence-electron chi connectivity index (χ4n) is 3.38. The van der Waals surface area contributed by atoms with E-state index in [2.05, 4.69) is 24.0 Å². The maximum Gasteiger partial charge on any atom is 0.264 e. The summed E-state index contributed by atoms with van der Waals surface area (Å²) in [5, 5.41) is 9.45. The van der Waals surface area contributed by atoms with Crippen LogP contribution < -0.4 is 4.90 Å². The molecule has 4 aromatic rings. The summed E-state index contributed by atoms with van der Waals surface area (Å²) in [6.07, 6.45) is 0.725. The lowest BCUT2D eigenvalue weighted by atomic mass is 10.1. The van der Waals surface area contributed by atoms with Crippen LogP contribution in [0.5, 0.6) is 0 Å². The van der Waals surface area contributed by atoms with Gasteiger partial charge in [-0.25, -0.2) is 0 Å². The zero-order valence-electron chi connectivity index (χ0n) is 16.9. The van der Waals surface area contributed by atoms with Gasteiger partial charge in [-0.1, -0.05) is 50.2 Å². The van der Waals surface area contributed by atoms with E-state index in [-0.39, 0.29) is 12.5 Å². The standard InChI is InChI=1S/C23H24N4O2/c1-16(2)13-21-24-25-23(29-21)20-14-17-9-7-8-12-19(17)27(20)15-22(28)26(3)18-10-5-4-6-11-18/h4-12,14,16H,13,15H2,1-3H3. The molecule has 148 valence electrons. The maximum atomic E-state index is 13.0. The van der Waals surface area contributed by atoms with Gasteiger partial charge in [0.2, 0.25) is 11.8 Å². The molecule has 0 spiro atoms. The van der Waals surface area contributed by atoms with E-state index in [0.29, 0.717) is 17.7 Å². The SMILES string of the molecule is CC(C)Cc1nnc(-c2cc3ccccc3n2CC(=O)N(C)c2ccccc2)o1. The molecule has 6 heteroatoms. The van der Waals surface area contributed by atoms with Gasteiger partial charge in [-0.3, -0.25) is 4.79 Å². The molecule has 0 fully saturated rings. The molecule has 0 unspecified atom stereocenters. The summed E-state index contributed by atoms with van der Waals surface area (Å²) in [6, 6.07) is 19.6. The van der Waals surface area contributed by atoms with Gasteiger partial charge in [0.25, 0.3) is 5.89 Å². The van der Waals surface area contributed by atoms with Gasteiger partial charge < -0.3 is 13.9 Å². The number of rotatable bonds is 6. The molecular formula is C23H24N4O2. The monoisotopic (exact) mass is 388 g/mol. The Labute approximate surface area is 169 Å². The first-order chi connectivity index (χ1) is 14.0. The van der Waals surface area contributed by atoms with Gasteiger partial charge in [0.1, 0.15) is 12.2 Å². The van der Waals surface area contributed by atoms with E-state index in [1.54, 1.807) is 11.9 Å². The van der Waals surface area contributed by atoms with Crippen LogP contribution in [0.3, 0.4) is 0 Å². The summed E-state index contributed by atoms with van der Waals surface area (Å²) < 4.78 is 7.86. The smallest absolute Gasteiger partial charge is 0.264 e. The van der Waals surface area contributed by atoms with Crippen molar-refractivity contribution < 1.29 is 9.21 Å². The first kappa shape index (κ1) is 18.9. The number of nitrogens with zero attached hydrogens (tertiary/aromatic N) is 4. The second-order valence-electron chi connectivity index (χ2n) is 7.56. The summed E-state index contributed by atoms with van der Waals surface area (Å²) in [5.41, 5.74) is 2.57. The lowest BCUT2D eigenvalue weighted by molar-refractivity contribution is -0.118. The molecule has 0 aliphatic rings. The number of likely N-dealkylation sites (N-methyl/N-ethyl adjacent to an activating group) is 1. The molecule has 4 rings (SSSR count). The van der Waals surface area contributed by atoms with Crippen molar-refractivity contribution in [2.75, 3.05) is 11.9 Å². The first-order valence-electron chi connectivity index (χ1n) is 9.75. The molecule has 0 saturated carbocycles. The Hall–Kier alpha value is -3.41. The molecular weight excluding hydrogens is 364 g/mol. The Balaban J connectivity index is 1.70. The second-order valence-corrected chi connectivity index (χ2v) is 7.56. The maximum absolute atomic E-state index is 13.0. The highest BCUT2D eigenvalue weighted by molar-refractivity contribution is 5.95. The minimum atomic E-state index is -0.0271. The number of carbonyl (C=O) groups excluding carboxylic acids is 1. The van der Waals surface area contributed by atoms with Crippen LogP contribution in [0.25, 0.3) is 22.5 Å². The third-order valence-electron chi connectivity index (χ3n) is 4.89. The van der Waals surface area contributed by atoms with Gasteiger partial charge in [-0.15, -0.1) is 10.2 Å². The number of hydrogen-bond acceptors (Lipinski definition) is 4. The van der Waals surface area contributed by atoms with Gasteiger partial charge in [-0.05, 0) is 30.2 Å². The second kappa shape index (κ2) is 7.91. The summed E-state index contributed by atoms with van der Waals surface area (Å²) in [4.78, 5) is 14.7. The van der Waals surface area contributed by atoms with E-state index in [1.165, 1.54) is 0 Å². The zero-order chi connectivity index (χ0) is 20.4. The number of fused-ring (bicyclic) bond motifs is 1. The van der Waals surface area contributed by atoms with Crippen molar-refractivity contribution in [3.05, 3.63) is 66.6 Å². The zero-order valence-corrected chi connectivity index (χ0v) is 16.9. The lowest BCUT2D eigenvalue weighted by Crippen LogP contribution is -2.30. The number of benzene rings is 2. The van der Waals surface area contributed by atoms with Crippen LogP contribution in [-0.2, 0) is 17.8 Å². The Morgan fingerprint density at radius 1 is 1.07 bits per heavy atom. The molecule has 0 bridgehead atoms. The first-order valence-corrected chi connectivity index (χ1v) is 9.75. The number of anilines is 1. The molecule has 1 amide bonds. The number of amides is 1. The van der Waals surface area contributed by atoms with Crippen molar-refractivity contribution >= 4 is 22.5 Å². The van der Waals surface area contributed by atoms with Crippen LogP contribution in [-0.4, -0.2) is 27.7 Å². The minimum Gasteiger partial charge on any atom is -0.419 e. The summed E-state index contributed by atoms with van der Waals surface area (Å²) in [6.45, 7) is 4.40. The Morgan fingerprint density at radius 3 is 2.55 bits per heavy atom. The fourth-order valence-corrected chi connectivity index (χ4v) is 3.38. The van der Waals surface area contributed by atoms with E-state index in [9.17, 15) is 4.79 Å². The van der Waals surface area contributed by atoms with E-state index in [0.717, 1.165) is 28.7 Å². The molecule has 2 aromatic heterocycles. The summed E-state index contributed by atoms with van der Waals surface area (Å²) in [5.74, 6) is 1.45. The third-order valence-corrected chi connectivity index (χ3v) is 4.89. The molecule has 0 aliphatic heterocycles. The van der Waals surface area contributed by atoms with E-state index in [4.69, 9.17) is 4.42 Å². The number of hydrogen-bond donors (Lipinski definition) is 0. The Morgan fingerprint density at radius 2 is 1.79 bits per heavy atom. The van der Waals surface area contributed by atoms with Crippen molar-refractivity contribution in [1.82, 2.24) is 14.8 Å². The van der Waals surface area contributed by atoms with E-state index in [1.807, 2.05) is 65.2 Å². The predicted molar refractivity (Wildman–Crippen MR) is 114 cm³/mol. The fraction of sp³-hybridized carbons (Fsp3) is 0.261. The summed E-state index contributed by atoms with van der Waals surface area (Å²) >= 11 is 0. The van der Waals surface area contributed by atoms with Crippen molar-refractivity contribution in [1.29, 1.82) is 0 Å². The molecule has 0 radical (unpaired) electrons. The third kappa shape index (κ3) is 3.92. The quantitative estimate of drug-likeness (QED) is 0.486. The molecule has 6 nitrogen and oxygen atoms in total. The predicted octanol–water partition coefficient (Wildman–Crippen LogP) is 4.55. The number of para-hydroxylation sites is 2. The highest BCUT2D eigenvalue weighted by atomic mass is 16.4. The molecule has 0 N–H and O–H groups in total. The largest absolute Gasteiger partial charge is 0.419 e. The molecule has 2 aromatic carbocycles. The Bertz CT molecular complexity index is 1130. The minimum absolute atomic E-state index is 0.0271. The van der Waals surface area contributed by atoms with Crippen LogP contribution in [0.15, 0.2) is 65.1 Å². The van der Waals surface area contributed by atoms with E-state index < -0.39 is 0 Å². The van der Waals surface area contributed by atoms with Gasteiger partial charge in [0.05, 0.1) is 0 Å². The highest BCUT2D eigenvalue weighted by Gasteiger charge is 2.20. The van der Waals surface area contributed by atoms with Gasteiger partial charge in [0, 0.05) is 30.1 Å². The Kier molecular flexibility index (Phi) is 5.16. The van der Waals surface area contributed by atoms with Crippen LogP contribution >= 0.6 is 0 Å². The lowest BCUT2D eigenvalue weighted by Gasteiger charge is -2.18. The molecule has 29 heavy (non-hydrogen) atoms. The van der Waals surface area contributed by atoms with Crippen LogP contribution in [0.2, 0.25) is 0 Å². The summed E-state index contributed by atoms with van der Waals surface area (Å²) in [7, 11) is 1.79. The molecule has 0 atom stereocenters. The van der Waals surface area contributed by atoms with Crippen LogP contribution in [0.1, 0.15) is 19.7 Å². The number of carbonyl (C=O) groups is 1. The van der Waals surface area contributed by atoms with Gasteiger partial charge in [0.15, 0.2) is 0 Å². The van der Waals surface area contributed by atoms with Gasteiger partial charge in [-0.2, -0.15) is 0 Å². The van der Waals surface area contributed by atoms with Crippen molar-refractivity contribution in [2.24, 2.45) is 5.92 Å². The molecule has 0 aliphatic carbocycles. The van der Waals surface area contributed by atoms with Crippen molar-refractivity contribution in [3.8, 4) is 11.6 Å². The average molecular weight is 388 g/mol.